The van der Waals surface area contributed by atoms with E-state index in [1.54, 1.807) is 30.9 Å². The fraction of sp³-hybridized carbons (Fsp3) is 0.467. The summed E-state index contributed by atoms with van der Waals surface area (Å²) in [6, 6.07) is 2.82. The lowest BCUT2D eigenvalue weighted by Crippen LogP contribution is -2.21. The number of rotatable bonds is 7. The van der Waals surface area contributed by atoms with Gasteiger partial charge in [0, 0.05) is 18.6 Å². The molecule has 0 radical (unpaired) electrons. The molecular formula is C15H21N3O4. The molecule has 3 N–H and O–H groups in total. The number of carboxylic acid groups (broad SMARTS) is 1. The van der Waals surface area contributed by atoms with E-state index in [9.17, 15) is 9.90 Å². The van der Waals surface area contributed by atoms with Crippen molar-refractivity contribution in [2.45, 2.75) is 25.8 Å². The van der Waals surface area contributed by atoms with E-state index in [1.807, 2.05) is 6.92 Å². The van der Waals surface area contributed by atoms with Gasteiger partial charge < -0.3 is 24.9 Å². The van der Waals surface area contributed by atoms with Crippen LogP contribution in [0.25, 0.3) is 11.0 Å². The largest absolute Gasteiger partial charge is 0.493 e. The molecule has 1 unspecified atom stereocenters. The van der Waals surface area contributed by atoms with Crippen molar-refractivity contribution in [3.63, 3.8) is 0 Å². The zero-order valence-corrected chi connectivity index (χ0v) is 13.0. The highest BCUT2D eigenvalue weighted by atomic mass is 16.5. The number of aromatic nitrogens is 2. The number of hydrogen-bond donors (Lipinski definition) is 2. The lowest BCUT2D eigenvalue weighted by Gasteiger charge is -2.16. The number of hydrogen-bond acceptors (Lipinski definition) is 5. The first-order valence-corrected chi connectivity index (χ1v) is 7.13. The summed E-state index contributed by atoms with van der Waals surface area (Å²) >= 11 is 0. The van der Waals surface area contributed by atoms with Crippen LogP contribution in [0.3, 0.4) is 0 Å². The molecule has 2 rings (SSSR count). The molecule has 0 saturated carbocycles. The molecule has 0 aliphatic heterocycles. The van der Waals surface area contributed by atoms with Crippen LogP contribution < -0.4 is 15.2 Å². The van der Waals surface area contributed by atoms with Crippen molar-refractivity contribution in [2.24, 2.45) is 5.73 Å². The molecule has 7 heteroatoms. The Hall–Kier alpha value is -2.28. The van der Waals surface area contributed by atoms with E-state index in [2.05, 4.69) is 4.98 Å². The molecule has 7 nitrogen and oxygen atoms in total. The molecule has 0 amide bonds. The summed E-state index contributed by atoms with van der Waals surface area (Å²) < 4.78 is 12.3. The predicted molar refractivity (Wildman–Crippen MR) is 82.6 cm³/mol. The van der Waals surface area contributed by atoms with Crippen molar-refractivity contribution < 1.29 is 19.4 Å². The van der Waals surface area contributed by atoms with E-state index >= 15 is 0 Å². The Balaban J connectivity index is 2.74. The van der Waals surface area contributed by atoms with Gasteiger partial charge in [-0.2, -0.15) is 0 Å². The van der Waals surface area contributed by atoms with Crippen LogP contribution in [-0.2, 0) is 11.2 Å². The minimum atomic E-state index is -0.894. The number of nitrogens with two attached hydrogens (primary N) is 1. The van der Waals surface area contributed by atoms with Gasteiger partial charge in [0.05, 0.1) is 25.3 Å². The van der Waals surface area contributed by atoms with Crippen molar-refractivity contribution in [1.82, 2.24) is 9.55 Å². The van der Waals surface area contributed by atoms with Crippen molar-refractivity contribution >= 4 is 17.0 Å². The summed E-state index contributed by atoms with van der Waals surface area (Å²) in [4.78, 5) is 16.1. The second kappa shape index (κ2) is 6.65. The average molecular weight is 307 g/mol. The summed E-state index contributed by atoms with van der Waals surface area (Å²) in [5.41, 5.74) is 7.00. The van der Waals surface area contributed by atoms with Gasteiger partial charge >= 0.3 is 5.97 Å². The number of imidazole rings is 1. The molecule has 1 aromatic heterocycles. The van der Waals surface area contributed by atoms with E-state index < -0.39 is 12.0 Å². The molecule has 1 heterocycles. The second-order valence-electron chi connectivity index (χ2n) is 4.89. The Morgan fingerprint density at radius 1 is 1.36 bits per heavy atom. The molecule has 1 aromatic carbocycles. The van der Waals surface area contributed by atoms with Crippen LogP contribution in [0.2, 0.25) is 0 Å². The van der Waals surface area contributed by atoms with E-state index in [-0.39, 0.29) is 0 Å². The zero-order valence-electron chi connectivity index (χ0n) is 13.0. The maximum absolute atomic E-state index is 11.6. The van der Waals surface area contributed by atoms with E-state index in [1.165, 1.54) is 0 Å². The van der Waals surface area contributed by atoms with Gasteiger partial charge in [0.1, 0.15) is 11.9 Å². The van der Waals surface area contributed by atoms with Gasteiger partial charge in [0.15, 0.2) is 11.5 Å². The summed E-state index contributed by atoms with van der Waals surface area (Å²) in [6.45, 7) is 2.23. The van der Waals surface area contributed by atoms with E-state index in [4.69, 9.17) is 15.2 Å². The van der Waals surface area contributed by atoms with E-state index in [0.717, 1.165) is 0 Å². The molecule has 0 fully saturated rings. The van der Waals surface area contributed by atoms with Gasteiger partial charge in [0.25, 0.3) is 0 Å². The van der Waals surface area contributed by atoms with Crippen LogP contribution in [0.1, 0.15) is 25.2 Å². The Morgan fingerprint density at radius 3 is 2.50 bits per heavy atom. The van der Waals surface area contributed by atoms with Crippen LogP contribution >= 0.6 is 0 Å². The van der Waals surface area contributed by atoms with Gasteiger partial charge in [-0.15, -0.1) is 0 Å². The second-order valence-corrected chi connectivity index (χ2v) is 4.89. The van der Waals surface area contributed by atoms with Crippen LogP contribution in [0, 0.1) is 0 Å². The summed E-state index contributed by atoms with van der Waals surface area (Å²) in [7, 11) is 3.09. The fourth-order valence-electron chi connectivity index (χ4n) is 2.59. The minimum Gasteiger partial charge on any atom is -0.493 e. The lowest BCUT2D eigenvalue weighted by atomic mass is 10.2. The van der Waals surface area contributed by atoms with Crippen molar-refractivity contribution in [2.75, 3.05) is 20.8 Å². The molecule has 0 bridgehead atoms. The van der Waals surface area contributed by atoms with E-state index in [0.29, 0.717) is 47.7 Å². The predicted octanol–water partition coefficient (Wildman–Crippen LogP) is 1.59. The Bertz CT molecular complexity index is 681. The normalized spacial score (nSPS) is 12.4. The molecule has 0 aliphatic rings. The number of carbonyl (C=O) groups is 1. The molecular weight excluding hydrogens is 286 g/mol. The standard InChI is InChI=1S/C15H21N3O4/c1-4-10(15(19)20)18-11-8-13(22-3)12(21-2)7-9(11)17-14(18)5-6-16/h7-8,10H,4-6,16H2,1-3H3,(H,19,20). The third-order valence-electron chi connectivity index (χ3n) is 3.62. The molecule has 22 heavy (non-hydrogen) atoms. The third kappa shape index (κ3) is 2.71. The molecule has 0 aliphatic carbocycles. The molecule has 2 aromatic rings. The summed E-state index contributed by atoms with van der Waals surface area (Å²) in [5, 5.41) is 9.49. The number of carboxylic acids is 1. The first-order valence-electron chi connectivity index (χ1n) is 7.13. The fourth-order valence-corrected chi connectivity index (χ4v) is 2.59. The Kier molecular flexibility index (Phi) is 4.87. The number of methoxy groups -OCH3 is 2. The topological polar surface area (TPSA) is 99.6 Å². The first-order chi connectivity index (χ1) is 10.6. The van der Waals surface area contributed by atoms with Crippen molar-refractivity contribution in [3.05, 3.63) is 18.0 Å². The maximum atomic E-state index is 11.6. The van der Waals surface area contributed by atoms with Gasteiger partial charge in [-0.05, 0) is 13.0 Å². The number of fused-ring (bicyclic) bond motifs is 1. The molecule has 0 saturated heterocycles. The molecule has 0 spiro atoms. The number of nitrogens with zero attached hydrogens (tertiary/aromatic N) is 2. The first kappa shape index (κ1) is 16.1. The molecule has 120 valence electrons. The summed E-state index contributed by atoms with van der Waals surface area (Å²) in [5.74, 6) is 0.856. The SMILES string of the molecule is CCC(C(=O)O)n1c(CCN)nc2cc(OC)c(OC)cc21. The smallest absolute Gasteiger partial charge is 0.326 e. The number of aliphatic carboxylic acids is 1. The van der Waals surface area contributed by atoms with Gasteiger partial charge in [-0.1, -0.05) is 6.92 Å². The summed E-state index contributed by atoms with van der Waals surface area (Å²) in [6.07, 6.45) is 0.954. The van der Waals surface area contributed by atoms with Crippen molar-refractivity contribution in [1.29, 1.82) is 0 Å². The average Bonchev–Trinajstić information content (AvgIpc) is 2.84. The monoisotopic (exact) mass is 307 g/mol. The number of ether oxygens (including phenoxy) is 2. The maximum Gasteiger partial charge on any atom is 0.326 e. The van der Waals surface area contributed by atoms with Crippen LogP contribution in [-0.4, -0.2) is 41.4 Å². The highest BCUT2D eigenvalue weighted by Gasteiger charge is 2.24. The highest BCUT2D eigenvalue weighted by molar-refractivity contribution is 5.83. The Morgan fingerprint density at radius 2 is 2.00 bits per heavy atom. The van der Waals surface area contributed by atoms with Gasteiger partial charge in [-0.25, -0.2) is 9.78 Å². The minimum absolute atomic E-state index is 0.396. The van der Waals surface area contributed by atoms with Crippen molar-refractivity contribution in [3.8, 4) is 11.5 Å². The van der Waals surface area contributed by atoms with Crippen LogP contribution in [0.5, 0.6) is 11.5 Å². The lowest BCUT2D eigenvalue weighted by molar-refractivity contribution is -0.140. The van der Waals surface area contributed by atoms with Gasteiger partial charge in [-0.3, -0.25) is 0 Å². The zero-order chi connectivity index (χ0) is 16.3. The van der Waals surface area contributed by atoms with Gasteiger partial charge in [0.2, 0.25) is 0 Å². The highest BCUT2D eigenvalue weighted by Crippen LogP contribution is 2.34. The Labute approximate surface area is 128 Å². The third-order valence-corrected chi connectivity index (χ3v) is 3.62. The quantitative estimate of drug-likeness (QED) is 0.806. The molecule has 1 atom stereocenters. The van der Waals surface area contributed by atoms with Crippen LogP contribution in [0.4, 0.5) is 0 Å². The van der Waals surface area contributed by atoms with Crippen LogP contribution in [0.15, 0.2) is 12.1 Å². The number of benzene rings is 1.